The second-order valence-electron chi connectivity index (χ2n) is 27.9. The highest BCUT2D eigenvalue weighted by molar-refractivity contribution is 5.87. The first kappa shape index (κ1) is 93.9. The third-order valence-corrected chi connectivity index (χ3v) is 18.5. The number of aliphatic hydroxyl groups is 12. The van der Waals surface area contributed by atoms with Crippen molar-refractivity contribution >= 4 is 52.8 Å². The van der Waals surface area contributed by atoms with Crippen LogP contribution >= 0.6 is 0 Å². The molecule has 20 N–H and O–H groups in total. The topological polar surface area (TPSA) is 618 Å². The van der Waals surface area contributed by atoms with E-state index in [-0.39, 0.29) is 157 Å². The lowest BCUT2D eigenvalue weighted by molar-refractivity contribution is -0.293. The molecule has 0 bridgehead atoms. The maximum Gasteiger partial charge on any atom is 0.238 e. The minimum atomic E-state index is -1.49. The van der Waals surface area contributed by atoms with Crippen molar-refractivity contribution in [1.29, 1.82) is 0 Å². The van der Waals surface area contributed by atoms with Crippen molar-refractivity contribution in [3.05, 3.63) is 23.8 Å². The van der Waals surface area contributed by atoms with E-state index in [1.165, 1.54) is 49.9 Å². The Morgan fingerprint density at radius 3 is 1.19 bits per heavy atom. The SMILES string of the molecule is CCNC(=O)CCCCCNC(=O)CN(CC(=O)NCc1cn([C@H]2O[C@@H](C)[C@@H](O)[C@@H](O)[C@@H]2O)nn1)CC(=O)NCc1cn([C@H]2O[C@@H](C)[C@@H](O)[C@@H](O)[C@@H]2O)nn1.CCNC(=O)[C@@H](N)CNC(=O)CCCCCCC(=O)CN(CC(=O)CCCO[C@@H]1O[C@@H](C)[C@@H](O)[C@@H](O)[C@@H]1O)CC(=O)CCCO[C@@H]1O[C@@H](C)[C@@H](O)[C@@H](O)[C@@H]1O. The molecular weight excluding hydrogens is 1460 g/mol. The van der Waals surface area contributed by atoms with E-state index in [9.17, 15) is 104 Å². The summed E-state index contributed by atoms with van der Waals surface area (Å²) in [5.41, 5.74) is 6.28. The molecule has 4 aliphatic rings. The highest BCUT2D eigenvalue weighted by atomic mass is 16.7. The average Bonchev–Trinajstić information content (AvgIpc) is 1.29. The number of carbonyl (C=O) groups excluding carboxylic acids is 9. The normalized spacial score (nSPS) is 28.4. The highest BCUT2D eigenvalue weighted by Gasteiger charge is 2.46. The summed E-state index contributed by atoms with van der Waals surface area (Å²) in [5, 5.41) is 152. The molecule has 2 aromatic rings. The monoisotopic (exact) mass is 1580 g/mol. The molecule has 0 aliphatic carbocycles. The summed E-state index contributed by atoms with van der Waals surface area (Å²) in [6.45, 7) is 9.29. The van der Waals surface area contributed by atoms with Crippen LogP contribution < -0.4 is 37.6 Å². The summed E-state index contributed by atoms with van der Waals surface area (Å²) in [5.74, 6) is -2.83. The summed E-state index contributed by atoms with van der Waals surface area (Å²) >= 11 is 0. The van der Waals surface area contributed by atoms with Crippen LogP contribution in [0.2, 0.25) is 0 Å². The van der Waals surface area contributed by atoms with Gasteiger partial charge in [-0.15, -0.1) is 10.2 Å². The maximum absolute atomic E-state index is 13.0. The number of ether oxygens (including phenoxy) is 6. The second kappa shape index (κ2) is 48.4. The fraction of sp³-hybridized carbons (Fsp3) is 0.809. The molecule has 0 radical (unpaired) electrons. The number of likely N-dealkylation sites (N-methyl/N-ethyl adjacent to an activating group) is 1. The Morgan fingerprint density at radius 2 is 0.773 bits per heavy atom. The molecule has 0 spiro atoms. The standard InChI is InChI=1S/C36H64N4O15.C32H53N11O12/c1-4-38-34(51)26(37)17-39-27(44)14-8-6-5-7-11-23(41)18-40(19-24(42)12-9-15-52-35-32(49)30(47)28(45)21(2)54-35)20-25(43)13-10-16-53-36-33(50)31(48)29(46)22(3)55-36;1-4-33-21(44)8-6-5-7-9-34-22(45)14-41(15-23(46)35-10-19-12-42(39-37-19)31-29(52)27(50)25(48)17(2)54-31)16-24(47)36-11-20-13-43(40-38-20)32-30(53)28(51)26(49)18(3)55-32/h21-22,26,28-33,35-36,45-50H,4-20,37H2,1-3H3,(H,38,51)(H,39,44);12-13,17-18,25-32,48-53H,4-11,14-16H2,1-3H3,(H,33,44)(H,34,45)(H,35,46)(H,36,47)/t21-,22-,26-,28+,29+,30+,31+,32-,33-,35+,36+;17-,18-,25+,26+,27+,28+,29-,30-,31-,32-/m00/s1. The van der Waals surface area contributed by atoms with Gasteiger partial charge in [0.15, 0.2) is 25.0 Å². The highest BCUT2D eigenvalue weighted by Crippen LogP contribution is 2.30. The van der Waals surface area contributed by atoms with Crippen LogP contribution in [-0.4, -0.2) is 349 Å². The number of Topliss-reactive ketones (excluding diaryl/α,β-unsaturated/α-hetero) is 3. The zero-order valence-electron chi connectivity index (χ0n) is 63.2. The van der Waals surface area contributed by atoms with Crippen LogP contribution in [-0.2, 0) is 84.7 Å². The van der Waals surface area contributed by atoms with Gasteiger partial charge in [0.25, 0.3) is 0 Å². The summed E-state index contributed by atoms with van der Waals surface area (Å²) in [7, 11) is 0. The molecule has 110 heavy (non-hydrogen) atoms. The minimum absolute atomic E-state index is 0.000343. The number of nitrogens with one attached hydrogen (secondary N) is 6. The Labute approximate surface area is 636 Å². The van der Waals surface area contributed by atoms with Crippen LogP contribution in [0.15, 0.2) is 12.4 Å². The lowest BCUT2D eigenvalue weighted by Crippen LogP contribution is -2.57. The van der Waals surface area contributed by atoms with E-state index in [1.54, 1.807) is 6.92 Å². The van der Waals surface area contributed by atoms with Crippen molar-refractivity contribution in [2.75, 3.05) is 78.7 Å². The number of ketones is 3. The number of hydrogen-bond donors (Lipinski definition) is 19. The van der Waals surface area contributed by atoms with Gasteiger partial charge in [0, 0.05) is 58.3 Å². The smallest absolute Gasteiger partial charge is 0.238 e. The maximum atomic E-state index is 13.0. The fourth-order valence-electron chi connectivity index (χ4n) is 12.0. The Bertz CT molecular complexity index is 3020. The molecule has 4 aliphatic heterocycles. The average molecular weight is 1580 g/mol. The number of carbonyl (C=O) groups is 9. The van der Waals surface area contributed by atoms with Gasteiger partial charge in [-0.3, -0.25) is 53.0 Å². The van der Waals surface area contributed by atoms with E-state index in [4.69, 9.17) is 34.2 Å². The van der Waals surface area contributed by atoms with Crippen molar-refractivity contribution in [1.82, 2.24) is 71.7 Å². The van der Waals surface area contributed by atoms with Gasteiger partial charge < -0.3 is 127 Å². The van der Waals surface area contributed by atoms with Gasteiger partial charge in [-0.2, -0.15) is 0 Å². The first-order chi connectivity index (χ1) is 52.2. The summed E-state index contributed by atoms with van der Waals surface area (Å²) in [6.07, 6.45) is -16.1. The van der Waals surface area contributed by atoms with Crippen LogP contribution in [0.5, 0.6) is 0 Å². The predicted molar refractivity (Wildman–Crippen MR) is 379 cm³/mol. The van der Waals surface area contributed by atoms with Crippen LogP contribution in [0, 0.1) is 0 Å². The number of nitrogens with zero attached hydrogens (tertiary/aromatic N) is 8. The van der Waals surface area contributed by atoms with E-state index >= 15 is 0 Å². The minimum Gasteiger partial charge on any atom is -0.388 e. The molecule has 2 aromatic heterocycles. The number of rotatable bonds is 46. The molecule has 4 fully saturated rings. The van der Waals surface area contributed by atoms with Crippen molar-refractivity contribution < 1.29 is 133 Å². The van der Waals surface area contributed by atoms with E-state index in [0.717, 1.165) is 9.36 Å². The fourth-order valence-corrected chi connectivity index (χ4v) is 12.0. The first-order valence-electron chi connectivity index (χ1n) is 37.4. The van der Waals surface area contributed by atoms with E-state index in [0.29, 0.717) is 71.0 Å². The largest absolute Gasteiger partial charge is 0.388 e. The molecular formula is C68H117N15O27. The lowest BCUT2D eigenvalue weighted by atomic mass is 9.99. The van der Waals surface area contributed by atoms with Gasteiger partial charge in [-0.25, -0.2) is 9.36 Å². The molecule has 4 saturated heterocycles. The van der Waals surface area contributed by atoms with Crippen LogP contribution in [0.3, 0.4) is 0 Å². The Morgan fingerprint density at radius 1 is 0.418 bits per heavy atom. The van der Waals surface area contributed by atoms with Crippen LogP contribution in [0.4, 0.5) is 0 Å². The Balaban J connectivity index is 0.000000394. The zero-order chi connectivity index (χ0) is 81.3. The Kier molecular flexibility index (Phi) is 41.3. The quantitative estimate of drug-likeness (QED) is 0.0274. The number of unbranched alkanes of at least 4 members (excludes halogenated alkanes) is 5. The van der Waals surface area contributed by atoms with Crippen LogP contribution in [0.25, 0.3) is 0 Å². The molecule has 0 unspecified atom stereocenters. The predicted octanol–water partition coefficient (Wildman–Crippen LogP) is -7.92. The van der Waals surface area contributed by atoms with E-state index < -0.39 is 146 Å². The molecule has 6 amide bonds. The number of amides is 6. The molecule has 6 heterocycles. The lowest BCUT2D eigenvalue weighted by Gasteiger charge is -2.38. The summed E-state index contributed by atoms with van der Waals surface area (Å²) < 4.78 is 35.2. The molecule has 21 atom stereocenters. The van der Waals surface area contributed by atoms with Crippen molar-refractivity contribution in [3.8, 4) is 0 Å². The summed E-state index contributed by atoms with van der Waals surface area (Å²) in [6, 6.07) is -0.830. The number of aliphatic hydroxyl groups excluding tert-OH is 12. The molecule has 0 saturated carbocycles. The van der Waals surface area contributed by atoms with Crippen molar-refractivity contribution in [3.63, 3.8) is 0 Å². The van der Waals surface area contributed by atoms with E-state index in [2.05, 4.69) is 52.5 Å². The van der Waals surface area contributed by atoms with Gasteiger partial charge in [-0.1, -0.05) is 29.7 Å². The van der Waals surface area contributed by atoms with Gasteiger partial charge in [0.05, 0.1) is 102 Å². The van der Waals surface area contributed by atoms with Gasteiger partial charge in [0.1, 0.15) is 108 Å². The third kappa shape index (κ3) is 31.3. The number of nitrogens with two attached hydrogens (primary N) is 1. The van der Waals surface area contributed by atoms with Gasteiger partial charge in [0.2, 0.25) is 35.4 Å². The zero-order valence-corrected chi connectivity index (χ0v) is 63.2. The molecule has 42 nitrogen and oxygen atoms in total. The van der Waals surface area contributed by atoms with Crippen molar-refractivity contribution in [2.24, 2.45) is 5.73 Å². The Hall–Kier alpha value is -6.73. The second-order valence-corrected chi connectivity index (χ2v) is 27.9. The van der Waals surface area contributed by atoms with Crippen molar-refractivity contribution in [2.45, 2.75) is 273 Å². The van der Waals surface area contributed by atoms with Crippen LogP contribution in [0.1, 0.15) is 155 Å². The molecule has 0 aromatic carbocycles. The van der Waals surface area contributed by atoms with Gasteiger partial charge >= 0.3 is 0 Å². The number of hydrogen-bond acceptors (Lipinski definition) is 34. The van der Waals surface area contributed by atoms with E-state index in [1.807, 2.05) is 6.92 Å². The van der Waals surface area contributed by atoms with Gasteiger partial charge in [-0.05, 0) is 80.1 Å². The number of aromatic nitrogens is 6. The summed E-state index contributed by atoms with van der Waals surface area (Å²) in [4.78, 5) is 116. The molecule has 626 valence electrons. The molecule has 6 rings (SSSR count). The molecule has 42 heteroatoms. The third-order valence-electron chi connectivity index (χ3n) is 18.5. The first-order valence-corrected chi connectivity index (χ1v) is 37.4.